The number of aliphatic hydroxyl groups is 1. The molecule has 3 atom stereocenters. The lowest BCUT2D eigenvalue weighted by Gasteiger charge is -2.37. The number of aromatic nitrogens is 3. The molecule has 0 radical (unpaired) electrons. The van der Waals surface area contributed by atoms with Gasteiger partial charge in [0.1, 0.15) is 17.4 Å². The number of nitrogens with zero attached hydrogens (tertiary/aromatic N) is 5. The number of fused-ring (bicyclic) bond motifs is 1. The van der Waals surface area contributed by atoms with Crippen molar-refractivity contribution in [1.29, 1.82) is 0 Å². The molecule has 3 aromatic rings. The minimum absolute atomic E-state index is 0.0119. The van der Waals surface area contributed by atoms with E-state index in [9.17, 15) is 9.90 Å². The van der Waals surface area contributed by atoms with Gasteiger partial charge in [-0.05, 0) is 49.7 Å². The highest BCUT2D eigenvalue weighted by Crippen LogP contribution is 2.27. The number of rotatable bonds is 6. The molecule has 0 aliphatic carbocycles. The predicted octanol–water partition coefficient (Wildman–Crippen LogP) is 2.62. The molecule has 0 saturated heterocycles. The van der Waals surface area contributed by atoms with Gasteiger partial charge in [0.25, 0.3) is 5.91 Å². The molecule has 186 valence electrons. The summed E-state index contributed by atoms with van der Waals surface area (Å²) in [6.07, 6.45) is 6.69. The van der Waals surface area contributed by atoms with Crippen LogP contribution >= 0.6 is 0 Å². The molecule has 1 amide bonds. The van der Waals surface area contributed by atoms with E-state index in [0.717, 1.165) is 12.1 Å². The fourth-order valence-electron chi connectivity index (χ4n) is 4.14. The normalized spacial score (nSPS) is 18.4. The van der Waals surface area contributed by atoms with E-state index < -0.39 is 0 Å². The van der Waals surface area contributed by atoms with E-state index in [0.29, 0.717) is 29.9 Å². The van der Waals surface area contributed by atoms with Crippen LogP contribution in [0.25, 0.3) is 0 Å². The van der Waals surface area contributed by atoms with Gasteiger partial charge in [0.15, 0.2) is 0 Å². The predicted molar refractivity (Wildman–Crippen MR) is 136 cm³/mol. The summed E-state index contributed by atoms with van der Waals surface area (Å²) in [7, 11) is 2.03. The molecule has 0 spiro atoms. The zero-order chi connectivity index (χ0) is 25.5. The second-order valence-electron chi connectivity index (χ2n) is 9.22. The van der Waals surface area contributed by atoms with Crippen LogP contribution in [0.5, 0.6) is 5.88 Å². The fraction of sp³-hybridized carbons (Fsp3) is 0.357. The van der Waals surface area contributed by atoms with Gasteiger partial charge in [-0.1, -0.05) is 25.0 Å². The Morgan fingerprint density at radius 1 is 1.19 bits per heavy atom. The average Bonchev–Trinajstić information content (AvgIpc) is 2.90. The molecule has 36 heavy (non-hydrogen) atoms. The molecule has 4 heterocycles. The van der Waals surface area contributed by atoms with Crippen LogP contribution < -0.4 is 4.74 Å². The first-order valence-corrected chi connectivity index (χ1v) is 12.0. The van der Waals surface area contributed by atoms with Crippen LogP contribution in [0.15, 0.2) is 61.2 Å². The zero-order valence-electron chi connectivity index (χ0n) is 20.8. The number of ether oxygens (including phenoxy) is 1. The van der Waals surface area contributed by atoms with E-state index in [1.54, 1.807) is 29.6 Å². The summed E-state index contributed by atoms with van der Waals surface area (Å²) in [5, 5.41) is 9.86. The molecule has 8 nitrogen and oxygen atoms in total. The van der Waals surface area contributed by atoms with Gasteiger partial charge in [-0.25, -0.2) is 9.97 Å². The third kappa shape index (κ3) is 6.25. The first-order chi connectivity index (χ1) is 17.4. The van der Waals surface area contributed by atoms with E-state index in [4.69, 9.17) is 4.74 Å². The molecule has 1 aliphatic rings. The summed E-state index contributed by atoms with van der Waals surface area (Å²) in [4.78, 5) is 30.3. The Morgan fingerprint density at radius 2 is 2.06 bits per heavy atom. The monoisotopic (exact) mass is 485 g/mol. The minimum Gasteiger partial charge on any atom is -0.472 e. The van der Waals surface area contributed by atoms with Crippen molar-refractivity contribution in [3.8, 4) is 17.7 Å². The molecule has 0 fully saturated rings. The number of aliphatic hydroxyl groups excluding tert-OH is 1. The topological polar surface area (TPSA) is 91.7 Å². The lowest BCUT2D eigenvalue weighted by Crippen LogP contribution is -2.49. The van der Waals surface area contributed by atoms with Crippen molar-refractivity contribution in [2.24, 2.45) is 5.92 Å². The van der Waals surface area contributed by atoms with Gasteiger partial charge in [-0.3, -0.25) is 14.7 Å². The van der Waals surface area contributed by atoms with Crippen molar-refractivity contribution < 1.29 is 14.6 Å². The second kappa shape index (κ2) is 11.8. The zero-order valence-corrected chi connectivity index (χ0v) is 20.8. The van der Waals surface area contributed by atoms with Gasteiger partial charge in [0, 0.05) is 55.9 Å². The summed E-state index contributed by atoms with van der Waals surface area (Å²) in [6.45, 7) is 5.58. The Morgan fingerprint density at radius 3 is 2.78 bits per heavy atom. The van der Waals surface area contributed by atoms with Crippen molar-refractivity contribution in [3.63, 3.8) is 0 Å². The summed E-state index contributed by atoms with van der Waals surface area (Å²) >= 11 is 0. The Labute approximate surface area is 212 Å². The summed E-state index contributed by atoms with van der Waals surface area (Å²) in [5.41, 5.74) is 2.67. The van der Waals surface area contributed by atoms with Crippen molar-refractivity contribution in [2.45, 2.75) is 32.5 Å². The molecular weight excluding hydrogens is 454 g/mol. The number of carbonyl (C=O) groups is 1. The van der Waals surface area contributed by atoms with E-state index in [1.165, 1.54) is 0 Å². The van der Waals surface area contributed by atoms with Crippen LogP contribution in [0.1, 0.15) is 41.0 Å². The first-order valence-electron chi connectivity index (χ1n) is 12.0. The maximum absolute atomic E-state index is 13.5. The third-order valence-corrected chi connectivity index (χ3v) is 6.19. The molecule has 0 saturated carbocycles. The van der Waals surface area contributed by atoms with E-state index >= 15 is 0 Å². The molecule has 1 aliphatic heterocycles. The SMILES string of the molecule is C[C@@H]1CN([C@@H](C)CO)C(=O)c2cc(C#Cc3ccccn3)cnc2O[C@H]1CN(C)Cc1cccnc1. The lowest BCUT2D eigenvalue weighted by atomic mass is 9.99. The summed E-state index contributed by atoms with van der Waals surface area (Å²) < 4.78 is 6.37. The third-order valence-electron chi connectivity index (χ3n) is 6.19. The van der Waals surface area contributed by atoms with Crippen LogP contribution in [0.3, 0.4) is 0 Å². The molecular formula is C28H31N5O3. The molecule has 3 aromatic heterocycles. The highest BCUT2D eigenvalue weighted by Gasteiger charge is 2.34. The molecule has 8 heteroatoms. The minimum atomic E-state index is -0.345. The van der Waals surface area contributed by atoms with Gasteiger partial charge in [-0.15, -0.1) is 0 Å². The highest BCUT2D eigenvalue weighted by molar-refractivity contribution is 5.97. The van der Waals surface area contributed by atoms with Gasteiger partial charge < -0.3 is 14.7 Å². The molecule has 4 rings (SSSR count). The van der Waals surface area contributed by atoms with Crippen LogP contribution in [0.4, 0.5) is 0 Å². The Hall–Kier alpha value is -3.80. The largest absolute Gasteiger partial charge is 0.472 e. The summed E-state index contributed by atoms with van der Waals surface area (Å²) in [5.74, 6) is 6.11. The van der Waals surface area contributed by atoms with Crippen molar-refractivity contribution in [3.05, 3.63) is 83.6 Å². The van der Waals surface area contributed by atoms with Crippen LogP contribution in [0.2, 0.25) is 0 Å². The lowest BCUT2D eigenvalue weighted by molar-refractivity contribution is 0.0325. The van der Waals surface area contributed by atoms with Gasteiger partial charge in [0.05, 0.1) is 12.6 Å². The van der Waals surface area contributed by atoms with Crippen molar-refractivity contribution in [2.75, 3.05) is 26.7 Å². The number of pyridine rings is 3. The van der Waals surface area contributed by atoms with Crippen molar-refractivity contribution in [1.82, 2.24) is 24.8 Å². The molecule has 0 unspecified atom stereocenters. The maximum atomic E-state index is 13.5. The first kappa shape index (κ1) is 25.3. The Kier molecular flexibility index (Phi) is 8.26. The van der Waals surface area contributed by atoms with E-state index in [2.05, 4.69) is 38.6 Å². The van der Waals surface area contributed by atoms with Gasteiger partial charge >= 0.3 is 0 Å². The van der Waals surface area contributed by atoms with Crippen LogP contribution in [-0.4, -0.2) is 74.7 Å². The van der Waals surface area contributed by atoms with E-state index in [-0.39, 0.29) is 36.5 Å². The molecule has 0 bridgehead atoms. The fourth-order valence-corrected chi connectivity index (χ4v) is 4.14. The average molecular weight is 486 g/mol. The number of hydrogen-bond donors (Lipinski definition) is 1. The Balaban J connectivity index is 1.63. The van der Waals surface area contributed by atoms with Crippen LogP contribution in [-0.2, 0) is 6.54 Å². The number of amides is 1. The smallest absolute Gasteiger partial charge is 0.259 e. The van der Waals surface area contributed by atoms with Gasteiger partial charge in [0.2, 0.25) is 5.88 Å². The number of carbonyl (C=O) groups excluding carboxylic acids is 1. The van der Waals surface area contributed by atoms with Crippen LogP contribution in [0, 0.1) is 17.8 Å². The van der Waals surface area contributed by atoms with Crippen molar-refractivity contribution >= 4 is 5.91 Å². The number of likely N-dealkylation sites (N-methyl/N-ethyl adjacent to an activating group) is 1. The number of hydrogen-bond acceptors (Lipinski definition) is 7. The molecule has 1 N–H and O–H groups in total. The molecule has 0 aromatic carbocycles. The highest BCUT2D eigenvalue weighted by atomic mass is 16.5. The Bertz CT molecular complexity index is 1230. The van der Waals surface area contributed by atoms with E-state index in [1.807, 2.05) is 50.5 Å². The second-order valence-corrected chi connectivity index (χ2v) is 9.22. The quantitative estimate of drug-likeness (QED) is 0.537. The standard InChI is InChI=1S/C28H31N5O3/c1-20-16-33(21(2)19-34)28(35)25-13-22(9-10-24-8-4-5-12-30-24)15-31-27(25)36-26(20)18-32(3)17-23-7-6-11-29-14-23/h4-8,11-15,20-21,26,34H,16-19H2,1-3H3/t20-,21+,26+/m1/s1. The summed E-state index contributed by atoms with van der Waals surface area (Å²) in [6, 6.07) is 10.9. The maximum Gasteiger partial charge on any atom is 0.259 e. The van der Waals surface area contributed by atoms with Gasteiger partial charge in [-0.2, -0.15) is 0 Å².